The van der Waals surface area contributed by atoms with Crippen LogP contribution in [0, 0.1) is 10.1 Å². The zero-order valence-electron chi connectivity index (χ0n) is 13.5. The molecule has 8 nitrogen and oxygen atoms in total. The van der Waals surface area contributed by atoms with Crippen LogP contribution in [0.1, 0.15) is 17.5 Å². The maximum Gasteiger partial charge on any atom is 0.315 e. The molecule has 8 heteroatoms. The van der Waals surface area contributed by atoms with Crippen LogP contribution in [0.5, 0.6) is 11.5 Å². The number of benzene rings is 2. The Morgan fingerprint density at radius 1 is 1.36 bits per heavy atom. The number of nitrogens with one attached hydrogen (secondary N) is 1. The third-order valence-corrected chi connectivity index (χ3v) is 3.38. The van der Waals surface area contributed by atoms with Crippen LogP contribution in [-0.4, -0.2) is 29.3 Å². The van der Waals surface area contributed by atoms with E-state index in [0.717, 1.165) is 11.6 Å². The lowest BCUT2D eigenvalue weighted by Gasteiger charge is -2.05. The Bertz CT molecular complexity index is 790. The molecule has 2 rings (SSSR count). The third kappa shape index (κ3) is 5.03. The third-order valence-electron chi connectivity index (χ3n) is 3.38. The van der Waals surface area contributed by atoms with Crippen molar-refractivity contribution in [1.82, 2.24) is 5.43 Å². The van der Waals surface area contributed by atoms with E-state index in [1.165, 1.54) is 19.4 Å². The molecule has 2 aromatic rings. The van der Waals surface area contributed by atoms with Crippen molar-refractivity contribution in [1.29, 1.82) is 0 Å². The summed E-state index contributed by atoms with van der Waals surface area (Å²) in [5, 5.41) is 24.4. The van der Waals surface area contributed by atoms with Crippen LogP contribution in [0.15, 0.2) is 47.6 Å². The molecular weight excluding hydrogens is 326 g/mol. The minimum Gasteiger partial charge on any atom is -0.500 e. The SMILES string of the molecule is COc1cc(/C=N/NC(=O)CCc2ccccc2)cc([N+](=O)[O-])c1O. The van der Waals surface area contributed by atoms with E-state index in [1.807, 2.05) is 30.3 Å². The van der Waals surface area contributed by atoms with E-state index < -0.39 is 16.4 Å². The maximum atomic E-state index is 11.8. The molecule has 0 bridgehead atoms. The van der Waals surface area contributed by atoms with Gasteiger partial charge < -0.3 is 9.84 Å². The topological polar surface area (TPSA) is 114 Å². The Morgan fingerprint density at radius 3 is 2.72 bits per heavy atom. The van der Waals surface area contributed by atoms with Crippen molar-refractivity contribution < 1.29 is 19.6 Å². The molecule has 0 saturated heterocycles. The number of hydrogen-bond donors (Lipinski definition) is 2. The summed E-state index contributed by atoms with van der Waals surface area (Å²) in [6, 6.07) is 12.1. The summed E-state index contributed by atoms with van der Waals surface area (Å²) in [4.78, 5) is 22.0. The summed E-state index contributed by atoms with van der Waals surface area (Å²) in [5.74, 6) is -0.886. The number of phenols is 1. The van der Waals surface area contributed by atoms with Gasteiger partial charge in [0, 0.05) is 18.1 Å². The fourth-order valence-electron chi connectivity index (χ4n) is 2.12. The second-order valence-electron chi connectivity index (χ2n) is 5.13. The van der Waals surface area contributed by atoms with Gasteiger partial charge in [-0.15, -0.1) is 0 Å². The Kier molecular flexibility index (Phi) is 6.05. The molecule has 0 aliphatic heterocycles. The maximum absolute atomic E-state index is 11.8. The molecule has 0 aliphatic carbocycles. The lowest BCUT2D eigenvalue weighted by atomic mass is 10.1. The van der Waals surface area contributed by atoms with Gasteiger partial charge in [0.15, 0.2) is 5.75 Å². The smallest absolute Gasteiger partial charge is 0.315 e. The second-order valence-corrected chi connectivity index (χ2v) is 5.13. The van der Waals surface area contributed by atoms with Gasteiger partial charge in [0.25, 0.3) is 0 Å². The number of amides is 1. The van der Waals surface area contributed by atoms with Crippen LogP contribution >= 0.6 is 0 Å². The van der Waals surface area contributed by atoms with Gasteiger partial charge in [0.1, 0.15) is 0 Å². The number of hydrogen-bond acceptors (Lipinski definition) is 6. The van der Waals surface area contributed by atoms with E-state index in [4.69, 9.17) is 4.74 Å². The van der Waals surface area contributed by atoms with Crippen LogP contribution in [0.2, 0.25) is 0 Å². The molecule has 2 aromatic carbocycles. The minimum atomic E-state index is -0.729. The van der Waals surface area contributed by atoms with Crippen LogP contribution < -0.4 is 10.2 Å². The summed E-state index contributed by atoms with van der Waals surface area (Å²) >= 11 is 0. The van der Waals surface area contributed by atoms with Crippen LogP contribution in [0.3, 0.4) is 0 Å². The molecule has 2 N–H and O–H groups in total. The highest BCUT2D eigenvalue weighted by Gasteiger charge is 2.19. The average Bonchev–Trinajstić information content (AvgIpc) is 2.61. The van der Waals surface area contributed by atoms with Gasteiger partial charge in [-0.3, -0.25) is 14.9 Å². The molecule has 0 spiro atoms. The Hall–Kier alpha value is -3.42. The van der Waals surface area contributed by atoms with Gasteiger partial charge in [-0.05, 0) is 18.1 Å². The van der Waals surface area contributed by atoms with Crippen LogP contribution in [0.4, 0.5) is 5.69 Å². The van der Waals surface area contributed by atoms with E-state index >= 15 is 0 Å². The number of nitro groups is 1. The summed E-state index contributed by atoms with van der Waals surface area (Å²) in [6.07, 6.45) is 2.09. The highest BCUT2D eigenvalue weighted by molar-refractivity contribution is 5.84. The van der Waals surface area contributed by atoms with Gasteiger partial charge in [-0.2, -0.15) is 5.10 Å². The number of phenolic OH excluding ortho intramolecular Hbond substituents is 1. The molecule has 0 aromatic heterocycles. The lowest BCUT2D eigenvalue weighted by molar-refractivity contribution is -0.386. The van der Waals surface area contributed by atoms with Crippen molar-refractivity contribution in [2.45, 2.75) is 12.8 Å². The van der Waals surface area contributed by atoms with Gasteiger partial charge in [0.2, 0.25) is 11.7 Å². The molecule has 0 unspecified atom stereocenters. The Balaban J connectivity index is 1.98. The molecule has 0 atom stereocenters. The summed E-state index contributed by atoms with van der Waals surface area (Å²) in [5.41, 5.74) is 3.21. The normalized spacial score (nSPS) is 10.6. The predicted octanol–water partition coefficient (Wildman–Crippen LogP) is 2.39. The zero-order chi connectivity index (χ0) is 18.2. The molecule has 0 radical (unpaired) electrons. The van der Waals surface area contributed by atoms with Crippen LogP contribution in [0.25, 0.3) is 0 Å². The Morgan fingerprint density at radius 2 is 2.08 bits per heavy atom. The van der Waals surface area contributed by atoms with Gasteiger partial charge in [0.05, 0.1) is 18.2 Å². The fraction of sp³-hybridized carbons (Fsp3) is 0.176. The highest BCUT2D eigenvalue weighted by atomic mass is 16.6. The Labute approximate surface area is 143 Å². The number of methoxy groups -OCH3 is 1. The van der Waals surface area contributed by atoms with Crippen molar-refractivity contribution in [3.8, 4) is 11.5 Å². The molecule has 0 saturated carbocycles. The zero-order valence-corrected chi connectivity index (χ0v) is 13.5. The van der Waals surface area contributed by atoms with Crippen molar-refractivity contribution >= 4 is 17.8 Å². The number of carbonyl (C=O) groups is 1. The molecule has 0 fully saturated rings. The number of aryl methyl sites for hydroxylation is 1. The first-order chi connectivity index (χ1) is 12.0. The largest absolute Gasteiger partial charge is 0.500 e. The number of nitro benzene ring substituents is 1. The molecular formula is C17H17N3O5. The summed E-state index contributed by atoms with van der Waals surface area (Å²) in [6.45, 7) is 0. The molecule has 0 aliphatic rings. The number of rotatable bonds is 7. The number of ether oxygens (including phenoxy) is 1. The molecule has 25 heavy (non-hydrogen) atoms. The van der Waals surface area contributed by atoms with E-state index in [9.17, 15) is 20.0 Å². The van der Waals surface area contributed by atoms with Crippen molar-refractivity contribution in [3.63, 3.8) is 0 Å². The summed E-state index contributed by atoms with van der Waals surface area (Å²) in [7, 11) is 1.28. The second kappa shape index (κ2) is 8.44. The molecule has 0 heterocycles. The summed E-state index contributed by atoms with van der Waals surface area (Å²) < 4.78 is 4.89. The van der Waals surface area contributed by atoms with E-state index in [-0.39, 0.29) is 18.1 Å². The number of nitrogens with zero attached hydrogens (tertiary/aromatic N) is 2. The highest BCUT2D eigenvalue weighted by Crippen LogP contribution is 2.36. The average molecular weight is 343 g/mol. The first kappa shape index (κ1) is 17.9. The lowest BCUT2D eigenvalue weighted by Crippen LogP contribution is -2.17. The monoisotopic (exact) mass is 343 g/mol. The fourth-order valence-corrected chi connectivity index (χ4v) is 2.12. The first-order valence-corrected chi connectivity index (χ1v) is 7.42. The van der Waals surface area contributed by atoms with E-state index in [1.54, 1.807) is 0 Å². The van der Waals surface area contributed by atoms with Gasteiger partial charge in [-0.1, -0.05) is 30.3 Å². The van der Waals surface area contributed by atoms with E-state index in [0.29, 0.717) is 12.0 Å². The quantitative estimate of drug-likeness (QED) is 0.455. The van der Waals surface area contributed by atoms with Gasteiger partial charge >= 0.3 is 5.69 Å². The predicted molar refractivity (Wildman–Crippen MR) is 91.8 cm³/mol. The minimum absolute atomic E-state index is 0.0499. The van der Waals surface area contributed by atoms with Crippen molar-refractivity contribution in [2.75, 3.05) is 7.11 Å². The van der Waals surface area contributed by atoms with E-state index in [2.05, 4.69) is 10.5 Å². The number of carbonyl (C=O) groups excluding carboxylic acids is 1. The number of hydrazone groups is 1. The first-order valence-electron chi connectivity index (χ1n) is 7.42. The van der Waals surface area contributed by atoms with Crippen molar-refractivity contribution in [3.05, 3.63) is 63.7 Å². The number of aromatic hydroxyl groups is 1. The van der Waals surface area contributed by atoms with Crippen molar-refractivity contribution in [2.24, 2.45) is 5.10 Å². The van der Waals surface area contributed by atoms with Crippen LogP contribution in [-0.2, 0) is 11.2 Å². The standard InChI is InChI=1S/C17H17N3O5/c1-25-15-10-13(9-14(17(15)22)20(23)24)11-18-19-16(21)8-7-12-5-3-2-4-6-12/h2-6,9-11,22H,7-8H2,1H3,(H,19,21)/b18-11+. The molecule has 130 valence electrons. The van der Waals surface area contributed by atoms with Gasteiger partial charge in [-0.25, -0.2) is 5.43 Å². The molecule has 1 amide bonds.